The maximum Gasteiger partial charge on any atom is 0.265 e. The zero-order valence-electron chi connectivity index (χ0n) is 15.6. The fourth-order valence-corrected chi connectivity index (χ4v) is 4.49. The lowest BCUT2D eigenvalue weighted by Crippen LogP contribution is -2.50. The molecule has 9 heteroatoms. The van der Waals surface area contributed by atoms with Gasteiger partial charge in [-0.1, -0.05) is 42.1 Å². The van der Waals surface area contributed by atoms with Crippen LogP contribution in [0.3, 0.4) is 0 Å². The number of amides is 2. The quantitative estimate of drug-likeness (QED) is 0.733. The first-order chi connectivity index (χ1) is 14.0. The number of methoxy groups -OCH3 is 1. The molecular weight excluding hydrogens is 394 g/mol. The Morgan fingerprint density at radius 2 is 1.86 bits per heavy atom. The van der Waals surface area contributed by atoms with Gasteiger partial charge >= 0.3 is 0 Å². The highest BCUT2D eigenvalue weighted by Crippen LogP contribution is 2.47. The number of fused-ring (bicyclic) bond motifs is 1. The zero-order valence-corrected chi connectivity index (χ0v) is 16.4. The Labute approximate surface area is 171 Å². The third kappa shape index (κ3) is 3.12. The summed E-state index contributed by atoms with van der Waals surface area (Å²) in [6.45, 7) is 0.346. The summed E-state index contributed by atoms with van der Waals surface area (Å²) >= 11 is 0.898. The van der Waals surface area contributed by atoms with Gasteiger partial charge in [-0.3, -0.25) is 9.59 Å². The van der Waals surface area contributed by atoms with Gasteiger partial charge in [0.1, 0.15) is 11.9 Å². The molecule has 0 fully saturated rings. The Balaban J connectivity index is 1.57. The van der Waals surface area contributed by atoms with Crippen LogP contribution in [-0.2, 0) is 15.2 Å². The lowest BCUT2D eigenvalue weighted by molar-refractivity contribution is -0.140. The van der Waals surface area contributed by atoms with Gasteiger partial charge in [0.2, 0.25) is 0 Å². The SMILES string of the molecule is COc1ccccc1OCCN1C(=O)[C@@](O)([C@@H]2SC(N)=NC2=O)c2ccccc21. The van der Waals surface area contributed by atoms with E-state index in [4.69, 9.17) is 15.2 Å². The van der Waals surface area contributed by atoms with Crippen LogP contribution in [-0.4, -0.2) is 47.6 Å². The molecule has 2 heterocycles. The largest absolute Gasteiger partial charge is 0.493 e. The van der Waals surface area contributed by atoms with Crippen molar-refractivity contribution in [2.45, 2.75) is 10.9 Å². The molecule has 0 spiro atoms. The average Bonchev–Trinajstić information content (AvgIpc) is 3.18. The van der Waals surface area contributed by atoms with Gasteiger partial charge in [-0.2, -0.15) is 4.99 Å². The first-order valence-electron chi connectivity index (χ1n) is 8.91. The van der Waals surface area contributed by atoms with E-state index in [1.807, 2.05) is 12.1 Å². The number of amidine groups is 1. The van der Waals surface area contributed by atoms with Crippen molar-refractivity contribution in [1.82, 2.24) is 0 Å². The molecule has 2 aromatic carbocycles. The second kappa shape index (κ2) is 7.41. The van der Waals surface area contributed by atoms with Gasteiger partial charge in [0, 0.05) is 5.56 Å². The summed E-state index contributed by atoms with van der Waals surface area (Å²) in [6, 6.07) is 14.0. The number of anilines is 1. The lowest BCUT2D eigenvalue weighted by atomic mass is 9.91. The van der Waals surface area contributed by atoms with Crippen molar-refractivity contribution in [3.05, 3.63) is 54.1 Å². The molecule has 0 unspecified atom stereocenters. The molecule has 2 aliphatic heterocycles. The lowest BCUT2D eigenvalue weighted by Gasteiger charge is -2.26. The number of hydrogen-bond acceptors (Lipinski definition) is 7. The normalized spacial score (nSPS) is 23.2. The van der Waals surface area contributed by atoms with Crippen LogP contribution in [0.4, 0.5) is 5.69 Å². The van der Waals surface area contributed by atoms with Crippen LogP contribution < -0.4 is 20.1 Å². The van der Waals surface area contributed by atoms with E-state index >= 15 is 0 Å². The molecule has 8 nitrogen and oxygen atoms in total. The fraction of sp³-hybridized carbons (Fsp3) is 0.250. The van der Waals surface area contributed by atoms with E-state index in [0.29, 0.717) is 22.7 Å². The predicted molar refractivity (Wildman–Crippen MR) is 109 cm³/mol. The summed E-state index contributed by atoms with van der Waals surface area (Å²) in [6.07, 6.45) is 0. The maximum atomic E-state index is 13.2. The molecule has 0 saturated carbocycles. The molecular formula is C20H19N3O5S. The third-order valence-corrected chi connectivity index (χ3v) is 5.99. The van der Waals surface area contributed by atoms with E-state index in [2.05, 4.69) is 4.99 Å². The Bertz CT molecular complexity index is 1010. The number of ether oxygens (including phenoxy) is 2. The monoisotopic (exact) mass is 413 g/mol. The average molecular weight is 413 g/mol. The van der Waals surface area contributed by atoms with Crippen molar-refractivity contribution in [2.75, 3.05) is 25.2 Å². The third-order valence-electron chi connectivity index (χ3n) is 4.88. The van der Waals surface area contributed by atoms with Gasteiger partial charge in [0.25, 0.3) is 11.8 Å². The predicted octanol–water partition coefficient (Wildman–Crippen LogP) is 1.27. The standard InChI is InChI=1S/C20H19N3O5S/c1-27-14-8-4-5-9-15(14)28-11-10-23-13-7-3-2-6-12(13)20(26,18(23)25)16-17(24)22-19(21)29-16/h2-9,16,26H,10-11H2,1H3,(H2,21,22,24)/t16-,20+/m1/s1. The number of carbonyl (C=O) groups excluding carboxylic acids is 2. The number of nitrogens with zero attached hydrogens (tertiary/aromatic N) is 2. The summed E-state index contributed by atoms with van der Waals surface area (Å²) < 4.78 is 11.0. The van der Waals surface area contributed by atoms with Crippen LogP contribution in [0.25, 0.3) is 0 Å². The summed E-state index contributed by atoms with van der Waals surface area (Å²) in [7, 11) is 1.55. The molecule has 2 aliphatic rings. The molecule has 2 aromatic rings. The number of hydrogen-bond donors (Lipinski definition) is 2. The van der Waals surface area contributed by atoms with Crippen LogP contribution in [0.1, 0.15) is 5.56 Å². The highest BCUT2D eigenvalue weighted by Gasteiger charge is 2.59. The fourth-order valence-electron chi connectivity index (χ4n) is 3.55. The summed E-state index contributed by atoms with van der Waals surface area (Å²) in [5.41, 5.74) is 4.49. The zero-order chi connectivity index (χ0) is 20.6. The van der Waals surface area contributed by atoms with Crippen molar-refractivity contribution < 1.29 is 24.2 Å². The molecule has 2 amide bonds. The first-order valence-corrected chi connectivity index (χ1v) is 9.79. The number of rotatable bonds is 6. The van der Waals surface area contributed by atoms with Crippen molar-refractivity contribution >= 4 is 34.4 Å². The molecule has 150 valence electrons. The highest BCUT2D eigenvalue weighted by atomic mass is 32.2. The Kier molecular flexibility index (Phi) is 4.93. The number of carbonyl (C=O) groups is 2. The molecule has 0 saturated heterocycles. The van der Waals surface area contributed by atoms with E-state index in [1.165, 1.54) is 4.90 Å². The molecule has 3 N–H and O–H groups in total. The minimum atomic E-state index is -2.03. The Hall–Kier alpha value is -3.04. The van der Waals surface area contributed by atoms with Gasteiger partial charge in [0.15, 0.2) is 22.3 Å². The minimum Gasteiger partial charge on any atom is -0.493 e. The van der Waals surface area contributed by atoms with Crippen molar-refractivity contribution in [3.63, 3.8) is 0 Å². The summed E-state index contributed by atoms with van der Waals surface area (Å²) in [4.78, 5) is 30.6. The summed E-state index contributed by atoms with van der Waals surface area (Å²) in [5, 5.41) is 10.3. The molecule has 0 aliphatic carbocycles. The topological polar surface area (TPSA) is 114 Å². The van der Waals surface area contributed by atoms with Crippen LogP contribution in [0.2, 0.25) is 0 Å². The van der Waals surface area contributed by atoms with Gasteiger partial charge in [-0.05, 0) is 18.2 Å². The van der Waals surface area contributed by atoms with Gasteiger partial charge in [0.05, 0.1) is 19.3 Å². The maximum absolute atomic E-state index is 13.2. The van der Waals surface area contributed by atoms with E-state index < -0.39 is 22.7 Å². The number of nitrogens with two attached hydrogens (primary N) is 1. The van der Waals surface area contributed by atoms with Crippen molar-refractivity contribution in [1.29, 1.82) is 0 Å². The molecule has 29 heavy (non-hydrogen) atoms. The van der Waals surface area contributed by atoms with Gasteiger partial charge < -0.3 is 25.2 Å². The van der Waals surface area contributed by atoms with E-state index in [1.54, 1.807) is 43.5 Å². The van der Waals surface area contributed by atoms with Gasteiger partial charge in [-0.15, -0.1) is 0 Å². The van der Waals surface area contributed by atoms with Gasteiger partial charge in [-0.25, -0.2) is 0 Å². The van der Waals surface area contributed by atoms with Crippen LogP contribution in [0.5, 0.6) is 11.5 Å². The van der Waals surface area contributed by atoms with Crippen LogP contribution in [0, 0.1) is 0 Å². The van der Waals surface area contributed by atoms with Crippen molar-refractivity contribution in [3.8, 4) is 11.5 Å². The number of para-hydroxylation sites is 3. The first kappa shape index (κ1) is 19.3. The van der Waals surface area contributed by atoms with Crippen molar-refractivity contribution in [2.24, 2.45) is 10.7 Å². The number of aliphatic hydroxyl groups is 1. The van der Waals surface area contributed by atoms with E-state index in [9.17, 15) is 14.7 Å². The highest BCUT2D eigenvalue weighted by molar-refractivity contribution is 8.15. The second-order valence-electron chi connectivity index (χ2n) is 6.53. The molecule has 0 radical (unpaired) electrons. The molecule has 4 rings (SSSR count). The van der Waals surface area contributed by atoms with E-state index in [-0.39, 0.29) is 18.3 Å². The molecule has 2 atom stereocenters. The number of benzene rings is 2. The smallest absolute Gasteiger partial charge is 0.265 e. The second-order valence-corrected chi connectivity index (χ2v) is 7.65. The Morgan fingerprint density at radius 3 is 2.55 bits per heavy atom. The summed E-state index contributed by atoms with van der Waals surface area (Å²) in [5.74, 6) is -0.0889. The molecule has 0 aromatic heterocycles. The van der Waals surface area contributed by atoms with Crippen LogP contribution in [0.15, 0.2) is 53.5 Å². The number of aliphatic imine (C=N–C) groups is 1. The minimum absolute atomic E-state index is 0.0386. The van der Waals surface area contributed by atoms with Crippen LogP contribution >= 0.6 is 11.8 Å². The molecule has 0 bridgehead atoms. The Morgan fingerprint density at radius 1 is 1.17 bits per heavy atom. The van der Waals surface area contributed by atoms with E-state index in [0.717, 1.165) is 11.8 Å². The number of thioether (sulfide) groups is 1.